The van der Waals surface area contributed by atoms with E-state index in [0.717, 1.165) is 48.1 Å². The first-order valence-electron chi connectivity index (χ1n) is 8.20. The van der Waals surface area contributed by atoms with Gasteiger partial charge in [-0.25, -0.2) is 0 Å². The van der Waals surface area contributed by atoms with Gasteiger partial charge in [-0.2, -0.15) is 0 Å². The van der Waals surface area contributed by atoms with Gasteiger partial charge < -0.3 is 10.0 Å². The number of carbonyl (C=O) groups is 1. The second kappa shape index (κ2) is 5.46. The lowest BCUT2D eigenvalue weighted by Crippen LogP contribution is -2.31. The molecule has 2 heterocycles. The summed E-state index contributed by atoms with van der Waals surface area (Å²) in [6.07, 6.45) is 7.47. The van der Waals surface area contributed by atoms with Crippen molar-refractivity contribution < 1.29 is 9.90 Å². The molecule has 118 valence electrons. The quantitative estimate of drug-likeness (QED) is 0.881. The van der Waals surface area contributed by atoms with Gasteiger partial charge in [-0.05, 0) is 54.5 Å². The number of carbonyl (C=O) groups excluding carboxylic acids is 1. The zero-order chi connectivity index (χ0) is 16.0. The molecule has 4 rings (SSSR count). The molecule has 1 N–H and O–H groups in total. The van der Waals surface area contributed by atoms with E-state index in [0.29, 0.717) is 6.42 Å². The molecule has 0 bridgehead atoms. The summed E-state index contributed by atoms with van der Waals surface area (Å²) in [7, 11) is 1.84. The molecule has 0 fully saturated rings. The highest BCUT2D eigenvalue weighted by molar-refractivity contribution is 5.96. The second-order valence-electron chi connectivity index (χ2n) is 6.46. The van der Waals surface area contributed by atoms with Crippen molar-refractivity contribution in [2.45, 2.75) is 38.2 Å². The summed E-state index contributed by atoms with van der Waals surface area (Å²) in [6, 6.07) is 6.27. The Kier molecular flexibility index (Phi) is 3.42. The third kappa shape index (κ3) is 2.34. The number of amides is 1. The Balaban J connectivity index is 1.81. The summed E-state index contributed by atoms with van der Waals surface area (Å²) in [5.41, 5.74) is 6.65. The van der Waals surface area contributed by atoms with E-state index >= 15 is 0 Å². The number of aromatic nitrogens is 1. The van der Waals surface area contributed by atoms with Gasteiger partial charge in [-0.1, -0.05) is 6.07 Å². The van der Waals surface area contributed by atoms with Crippen LogP contribution in [0, 0.1) is 0 Å². The van der Waals surface area contributed by atoms with Crippen molar-refractivity contribution in [3.8, 4) is 11.1 Å². The number of hydrogen-bond donors (Lipinski definition) is 1. The first-order chi connectivity index (χ1) is 11.1. The molecule has 23 heavy (non-hydrogen) atoms. The van der Waals surface area contributed by atoms with Gasteiger partial charge in [0, 0.05) is 42.7 Å². The lowest BCUT2D eigenvalue weighted by atomic mass is 9.85. The summed E-state index contributed by atoms with van der Waals surface area (Å²) in [5, 5.41) is 10.2. The molecule has 0 saturated heterocycles. The van der Waals surface area contributed by atoms with E-state index in [2.05, 4.69) is 17.1 Å². The molecule has 1 aliphatic carbocycles. The van der Waals surface area contributed by atoms with Gasteiger partial charge in [0.05, 0.1) is 6.10 Å². The van der Waals surface area contributed by atoms with Crippen molar-refractivity contribution >= 4 is 11.6 Å². The van der Waals surface area contributed by atoms with Crippen LogP contribution >= 0.6 is 0 Å². The van der Waals surface area contributed by atoms with E-state index in [1.165, 1.54) is 11.1 Å². The van der Waals surface area contributed by atoms with Crippen molar-refractivity contribution in [2.75, 3.05) is 11.9 Å². The summed E-state index contributed by atoms with van der Waals surface area (Å²) in [5.74, 6) is 0.173. The van der Waals surface area contributed by atoms with Crippen molar-refractivity contribution in [1.29, 1.82) is 0 Å². The van der Waals surface area contributed by atoms with Gasteiger partial charge >= 0.3 is 0 Å². The van der Waals surface area contributed by atoms with Crippen LogP contribution in [0.3, 0.4) is 0 Å². The monoisotopic (exact) mass is 308 g/mol. The minimum atomic E-state index is -0.396. The highest BCUT2D eigenvalue weighted by Gasteiger charge is 2.24. The van der Waals surface area contributed by atoms with Crippen molar-refractivity contribution in [1.82, 2.24) is 4.98 Å². The fraction of sp³-hybridized carbons (Fsp3) is 0.368. The van der Waals surface area contributed by atoms with Crippen LogP contribution in [-0.2, 0) is 17.6 Å². The zero-order valence-corrected chi connectivity index (χ0v) is 13.2. The predicted molar refractivity (Wildman–Crippen MR) is 89.3 cm³/mol. The average Bonchev–Trinajstić information content (AvgIpc) is 2.58. The van der Waals surface area contributed by atoms with Crippen LogP contribution < -0.4 is 4.90 Å². The lowest BCUT2D eigenvalue weighted by molar-refractivity contribution is -0.118. The molecular weight excluding hydrogens is 288 g/mol. The molecule has 1 aliphatic heterocycles. The maximum atomic E-state index is 11.8. The molecule has 1 atom stereocenters. The lowest BCUT2D eigenvalue weighted by Gasteiger charge is -2.27. The standard InChI is InChI=1S/C19H20N2O2/c1-21-17-7-5-12(9-13(17)6-8-19(21)23)15-10-20-11-16-14(15)3-2-4-18(16)22/h5,7,9-11,18,22H,2-4,6,8H2,1H3. The Morgan fingerprint density at radius 2 is 2.09 bits per heavy atom. The van der Waals surface area contributed by atoms with Crippen LogP contribution in [-0.4, -0.2) is 23.0 Å². The summed E-state index contributed by atoms with van der Waals surface area (Å²) in [6.45, 7) is 0. The Hall–Kier alpha value is -2.20. The topological polar surface area (TPSA) is 53.4 Å². The van der Waals surface area contributed by atoms with Gasteiger partial charge in [-0.15, -0.1) is 0 Å². The minimum absolute atomic E-state index is 0.173. The number of pyridine rings is 1. The van der Waals surface area contributed by atoms with Crippen LogP contribution in [0.2, 0.25) is 0 Å². The van der Waals surface area contributed by atoms with E-state index in [1.807, 2.05) is 19.3 Å². The highest BCUT2D eigenvalue weighted by atomic mass is 16.3. The van der Waals surface area contributed by atoms with E-state index < -0.39 is 6.10 Å². The molecule has 2 aliphatic rings. The molecular formula is C19H20N2O2. The van der Waals surface area contributed by atoms with Crippen LogP contribution in [0.4, 0.5) is 5.69 Å². The van der Waals surface area contributed by atoms with E-state index in [4.69, 9.17) is 0 Å². The van der Waals surface area contributed by atoms with Crippen LogP contribution in [0.1, 0.15) is 42.1 Å². The number of hydrogen-bond acceptors (Lipinski definition) is 3. The third-order valence-corrected chi connectivity index (χ3v) is 5.09. The van der Waals surface area contributed by atoms with Gasteiger partial charge in [0.25, 0.3) is 0 Å². The normalized spacial score (nSPS) is 20.2. The fourth-order valence-electron chi connectivity index (χ4n) is 3.77. The number of nitrogens with zero attached hydrogens (tertiary/aromatic N) is 2. The summed E-state index contributed by atoms with van der Waals surface area (Å²) in [4.78, 5) is 17.9. The molecule has 4 heteroatoms. The van der Waals surface area contributed by atoms with Crippen LogP contribution in [0.5, 0.6) is 0 Å². The van der Waals surface area contributed by atoms with E-state index in [-0.39, 0.29) is 5.91 Å². The predicted octanol–water partition coefficient (Wildman–Crippen LogP) is 3.03. The smallest absolute Gasteiger partial charge is 0.227 e. The molecule has 1 aromatic heterocycles. The third-order valence-electron chi connectivity index (χ3n) is 5.09. The van der Waals surface area contributed by atoms with E-state index in [9.17, 15) is 9.90 Å². The van der Waals surface area contributed by atoms with Crippen LogP contribution in [0.25, 0.3) is 11.1 Å². The largest absolute Gasteiger partial charge is 0.388 e. The molecule has 1 aromatic carbocycles. The van der Waals surface area contributed by atoms with Gasteiger partial charge in [0.1, 0.15) is 0 Å². The van der Waals surface area contributed by atoms with E-state index in [1.54, 1.807) is 11.1 Å². The summed E-state index contributed by atoms with van der Waals surface area (Å²) >= 11 is 0. The zero-order valence-electron chi connectivity index (χ0n) is 13.2. The average molecular weight is 308 g/mol. The highest BCUT2D eigenvalue weighted by Crippen LogP contribution is 2.37. The number of rotatable bonds is 1. The number of benzene rings is 1. The molecule has 1 unspecified atom stereocenters. The first kappa shape index (κ1) is 14.4. The van der Waals surface area contributed by atoms with Crippen molar-refractivity contribution in [3.63, 3.8) is 0 Å². The second-order valence-corrected chi connectivity index (χ2v) is 6.46. The molecule has 1 amide bonds. The number of fused-ring (bicyclic) bond motifs is 2. The van der Waals surface area contributed by atoms with Gasteiger partial charge in [0.15, 0.2) is 0 Å². The van der Waals surface area contributed by atoms with Crippen LogP contribution in [0.15, 0.2) is 30.6 Å². The number of aryl methyl sites for hydroxylation is 1. The molecule has 4 nitrogen and oxygen atoms in total. The maximum Gasteiger partial charge on any atom is 0.227 e. The Morgan fingerprint density at radius 1 is 1.22 bits per heavy atom. The minimum Gasteiger partial charge on any atom is -0.388 e. The Labute approximate surface area is 135 Å². The SMILES string of the molecule is CN1C(=O)CCc2cc(-c3cncc4c3CCCC4O)ccc21. The molecule has 2 aromatic rings. The number of anilines is 1. The summed E-state index contributed by atoms with van der Waals surface area (Å²) < 4.78 is 0. The fourth-order valence-corrected chi connectivity index (χ4v) is 3.77. The first-order valence-corrected chi connectivity index (χ1v) is 8.20. The molecule has 0 spiro atoms. The maximum absolute atomic E-state index is 11.8. The van der Waals surface area contributed by atoms with Crippen molar-refractivity contribution in [2.24, 2.45) is 0 Å². The van der Waals surface area contributed by atoms with Gasteiger partial charge in [-0.3, -0.25) is 9.78 Å². The Bertz CT molecular complexity index is 785. The van der Waals surface area contributed by atoms with Crippen molar-refractivity contribution in [3.05, 3.63) is 47.3 Å². The molecule has 0 radical (unpaired) electrons. The molecule has 0 saturated carbocycles. The number of aliphatic hydroxyl groups excluding tert-OH is 1. The Morgan fingerprint density at radius 3 is 2.96 bits per heavy atom. The number of aliphatic hydroxyl groups is 1. The van der Waals surface area contributed by atoms with Gasteiger partial charge in [0.2, 0.25) is 5.91 Å².